The molecule has 5 heteroatoms. The minimum atomic E-state index is -0.184. The summed E-state index contributed by atoms with van der Waals surface area (Å²) in [6.07, 6.45) is 1.59. The Morgan fingerprint density at radius 3 is 2.74 bits per heavy atom. The zero-order valence-electron chi connectivity index (χ0n) is 11.4. The van der Waals surface area contributed by atoms with Crippen molar-refractivity contribution in [2.45, 2.75) is 26.3 Å². The fraction of sp³-hybridized carbons (Fsp3) is 0.429. The van der Waals surface area contributed by atoms with E-state index in [1.807, 2.05) is 13.8 Å². The Hall–Kier alpha value is -2.04. The summed E-state index contributed by atoms with van der Waals surface area (Å²) >= 11 is 0. The maximum absolute atomic E-state index is 11.6. The molecule has 0 aliphatic heterocycles. The van der Waals surface area contributed by atoms with E-state index in [0.717, 1.165) is 12.7 Å². The monoisotopic (exact) mass is 265 g/mol. The summed E-state index contributed by atoms with van der Waals surface area (Å²) in [6, 6.07) is 4.90. The summed E-state index contributed by atoms with van der Waals surface area (Å²) in [6.45, 7) is 3.84. The van der Waals surface area contributed by atoms with Gasteiger partial charge in [0.2, 0.25) is 0 Å². The van der Waals surface area contributed by atoms with Crippen molar-refractivity contribution in [1.29, 1.82) is 0 Å². The smallest absolute Gasteiger partial charge is 0.258 e. The summed E-state index contributed by atoms with van der Waals surface area (Å²) in [5, 5.41) is 2.80. The van der Waals surface area contributed by atoms with E-state index in [0.29, 0.717) is 17.1 Å². The molecule has 0 aromatic heterocycles. The summed E-state index contributed by atoms with van der Waals surface area (Å²) in [5.41, 5.74) is 0.494. The number of carbonyl (C=O) groups excluding carboxylic acids is 2. The van der Waals surface area contributed by atoms with Crippen molar-refractivity contribution < 1.29 is 19.1 Å². The zero-order chi connectivity index (χ0) is 14.3. The van der Waals surface area contributed by atoms with Crippen LogP contribution in [0.15, 0.2) is 18.2 Å². The molecule has 1 rings (SSSR count). The van der Waals surface area contributed by atoms with Crippen LogP contribution in [0.5, 0.6) is 11.5 Å². The third-order valence-electron chi connectivity index (χ3n) is 2.70. The van der Waals surface area contributed by atoms with Crippen LogP contribution < -0.4 is 14.8 Å². The van der Waals surface area contributed by atoms with E-state index in [9.17, 15) is 9.59 Å². The molecule has 0 saturated heterocycles. The van der Waals surface area contributed by atoms with E-state index < -0.39 is 0 Å². The normalized spacial score (nSPS) is 11.5. The van der Waals surface area contributed by atoms with Gasteiger partial charge in [-0.05, 0) is 31.5 Å². The quantitative estimate of drug-likeness (QED) is 0.763. The maximum Gasteiger partial charge on any atom is 0.258 e. The van der Waals surface area contributed by atoms with Gasteiger partial charge in [0, 0.05) is 11.6 Å². The van der Waals surface area contributed by atoms with Gasteiger partial charge < -0.3 is 14.8 Å². The molecule has 0 fully saturated rings. The Balaban J connectivity index is 2.62. The van der Waals surface area contributed by atoms with Crippen molar-refractivity contribution in [3.8, 4) is 11.5 Å². The Labute approximate surface area is 112 Å². The number of benzene rings is 1. The summed E-state index contributed by atoms with van der Waals surface area (Å²) in [7, 11) is 1.48. The van der Waals surface area contributed by atoms with Crippen molar-refractivity contribution in [2.24, 2.45) is 0 Å². The van der Waals surface area contributed by atoms with Crippen molar-refractivity contribution >= 4 is 12.2 Å². The average Bonchev–Trinajstić information content (AvgIpc) is 2.44. The molecule has 0 bridgehead atoms. The summed E-state index contributed by atoms with van der Waals surface area (Å²) < 4.78 is 10.5. The van der Waals surface area contributed by atoms with Crippen molar-refractivity contribution in [3.63, 3.8) is 0 Å². The van der Waals surface area contributed by atoms with E-state index >= 15 is 0 Å². The summed E-state index contributed by atoms with van der Waals surface area (Å²) in [5.74, 6) is 0.684. The van der Waals surface area contributed by atoms with E-state index in [-0.39, 0.29) is 18.6 Å². The van der Waals surface area contributed by atoms with Crippen molar-refractivity contribution in [1.82, 2.24) is 5.32 Å². The lowest BCUT2D eigenvalue weighted by Crippen LogP contribution is -2.35. The number of ether oxygens (including phenoxy) is 2. The number of methoxy groups -OCH3 is 1. The number of carbonyl (C=O) groups is 2. The molecule has 1 aromatic rings. The molecule has 1 unspecified atom stereocenters. The number of amides is 1. The standard InChI is InChI=1S/C14H19NO4/c1-4-10(2)15-14(17)9-19-12-6-5-11(8-16)7-13(12)18-3/h5-8,10H,4,9H2,1-3H3,(H,15,17). The SMILES string of the molecule is CCC(C)NC(=O)COc1ccc(C=O)cc1OC. The molecule has 1 amide bonds. The third-order valence-corrected chi connectivity index (χ3v) is 2.70. The van der Waals surface area contributed by atoms with Crippen LogP contribution in [0.4, 0.5) is 0 Å². The van der Waals surface area contributed by atoms with Crippen LogP contribution in [0.25, 0.3) is 0 Å². The fourth-order valence-electron chi connectivity index (χ4n) is 1.44. The topological polar surface area (TPSA) is 64.6 Å². The Morgan fingerprint density at radius 2 is 2.16 bits per heavy atom. The van der Waals surface area contributed by atoms with Gasteiger partial charge in [-0.25, -0.2) is 0 Å². The molecule has 0 spiro atoms. The lowest BCUT2D eigenvalue weighted by atomic mass is 10.2. The highest BCUT2D eigenvalue weighted by Crippen LogP contribution is 2.27. The van der Waals surface area contributed by atoms with Crippen LogP contribution in [0.2, 0.25) is 0 Å². The van der Waals surface area contributed by atoms with E-state index in [1.165, 1.54) is 7.11 Å². The molecule has 0 saturated carbocycles. The second-order valence-electron chi connectivity index (χ2n) is 4.19. The Kier molecular flexibility index (Phi) is 5.85. The Morgan fingerprint density at radius 1 is 1.42 bits per heavy atom. The molecule has 19 heavy (non-hydrogen) atoms. The number of hydrogen-bond donors (Lipinski definition) is 1. The van der Waals surface area contributed by atoms with Gasteiger partial charge in [0.05, 0.1) is 7.11 Å². The van der Waals surface area contributed by atoms with Gasteiger partial charge in [-0.15, -0.1) is 0 Å². The van der Waals surface area contributed by atoms with Crippen molar-refractivity contribution in [2.75, 3.05) is 13.7 Å². The number of hydrogen-bond acceptors (Lipinski definition) is 4. The predicted molar refractivity (Wildman–Crippen MR) is 71.8 cm³/mol. The first-order valence-electron chi connectivity index (χ1n) is 6.16. The first-order chi connectivity index (χ1) is 9.10. The fourth-order valence-corrected chi connectivity index (χ4v) is 1.44. The largest absolute Gasteiger partial charge is 0.493 e. The number of nitrogens with one attached hydrogen (secondary N) is 1. The van der Waals surface area contributed by atoms with Gasteiger partial charge in [0.15, 0.2) is 18.1 Å². The van der Waals surface area contributed by atoms with Gasteiger partial charge in [-0.3, -0.25) is 9.59 Å². The first kappa shape index (κ1) is 15.0. The van der Waals surface area contributed by atoms with Crippen LogP contribution >= 0.6 is 0 Å². The van der Waals surface area contributed by atoms with Crippen LogP contribution in [0.1, 0.15) is 30.6 Å². The average molecular weight is 265 g/mol. The van der Waals surface area contributed by atoms with Gasteiger partial charge in [0.25, 0.3) is 5.91 Å². The maximum atomic E-state index is 11.6. The zero-order valence-corrected chi connectivity index (χ0v) is 11.4. The Bertz CT molecular complexity index is 445. The minimum Gasteiger partial charge on any atom is -0.493 e. The van der Waals surface area contributed by atoms with E-state index in [1.54, 1.807) is 18.2 Å². The molecule has 0 aliphatic carbocycles. The van der Waals surface area contributed by atoms with Crippen LogP contribution in [-0.2, 0) is 4.79 Å². The summed E-state index contributed by atoms with van der Waals surface area (Å²) in [4.78, 5) is 22.2. The van der Waals surface area contributed by atoms with Crippen LogP contribution in [0, 0.1) is 0 Å². The third kappa shape index (κ3) is 4.62. The first-order valence-corrected chi connectivity index (χ1v) is 6.16. The molecule has 0 radical (unpaired) electrons. The van der Waals surface area contributed by atoms with Gasteiger partial charge in [-0.1, -0.05) is 6.92 Å². The lowest BCUT2D eigenvalue weighted by Gasteiger charge is -2.13. The molecule has 1 N–H and O–H groups in total. The highest BCUT2D eigenvalue weighted by atomic mass is 16.5. The second kappa shape index (κ2) is 7.41. The van der Waals surface area contributed by atoms with Crippen LogP contribution in [0.3, 0.4) is 0 Å². The van der Waals surface area contributed by atoms with Gasteiger partial charge in [0.1, 0.15) is 6.29 Å². The highest BCUT2D eigenvalue weighted by Gasteiger charge is 2.09. The molecular weight excluding hydrogens is 246 g/mol. The van der Waals surface area contributed by atoms with Gasteiger partial charge >= 0.3 is 0 Å². The highest BCUT2D eigenvalue weighted by molar-refractivity contribution is 5.78. The molecule has 1 atom stereocenters. The number of rotatable bonds is 7. The molecule has 104 valence electrons. The second-order valence-corrected chi connectivity index (χ2v) is 4.19. The number of aldehydes is 1. The molecule has 0 aliphatic rings. The van der Waals surface area contributed by atoms with Gasteiger partial charge in [-0.2, -0.15) is 0 Å². The van der Waals surface area contributed by atoms with E-state index in [2.05, 4.69) is 5.32 Å². The van der Waals surface area contributed by atoms with E-state index in [4.69, 9.17) is 9.47 Å². The molecule has 0 heterocycles. The lowest BCUT2D eigenvalue weighted by molar-refractivity contribution is -0.123. The minimum absolute atomic E-state index is 0.0822. The van der Waals surface area contributed by atoms with Crippen LogP contribution in [-0.4, -0.2) is 32.0 Å². The molecular formula is C14H19NO4. The molecule has 5 nitrogen and oxygen atoms in total. The van der Waals surface area contributed by atoms with Crippen molar-refractivity contribution in [3.05, 3.63) is 23.8 Å². The molecule has 1 aromatic carbocycles. The predicted octanol–water partition coefficient (Wildman–Crippen LogP) is 1.80.